The number of non-ortho nitro benzene ring substituents is 1. The molecule has 0 aliphatic carbocycles. The van der Waals surface area contributed by atoms with Gasteiger partial charge < -0.3 is 15.0 Å². The summed E-state index contributed by atoms with van der Waals surface area (Å²) in [4.78, 5) is 36.7. The summed E-state index contributed by atoms with van der Waals surface area (Å²) in [6.45, 7) is 0.617. The number of carbonyl (C=O) groups is 2. The Morgan fingerprint density at radius 3 is 2.55 bits per heavy atom. The first-order valence-corrected chi connectivity index (χ1v) is 8.80. The lowest BCUT2D eigenvalue weighted by Gasteiger charge is -2.20. The topological polar surface area (TPSA) is 102 Å². The number of hydrogen-bond acceptors (Lipinski definition) is 6. The molecular weight excluding hydrogens is 388 g/mol. The molecule has 3 rings (SSSR count). The van der Waals surface area contributed by atoms with Crippen molar-refractivity contribution in [2.24, 2.45) is 0 Å². The maximum Gasteiger partial charge on any atom is 0.341 e. The zero-order chi connectivity index (χ0) is 21.0. The molecule has 1 saturated heterocycles. The van der Waals surface area contributed by atoms with Crippen LogP contribution in [0.4, 0.5) is 25.8 Å². The van der Waals surface area contributed by atoms with Crippen molar-refractivity contribution >= 4 is 28.9 Å². The second kappa shape index (κ2) is 8.63. The number of carbonyl (C=O) groups excluding carboxylic acids is 2. The van der Waals surface area contributed by atoms with Crippen molar-refractivity contribution in [2.75, 3.05) is 29.9 Å². The first-order chi connectivity index (χ1) is 13.8. The first kappa shape index (κ1) is 20.2. The highest BCUT2D eigenvalue weighted by Gasteiger charge is 2.24. The van der Waals surface area contributed by atoms with Gasteiger partial charge in [0.2, 0.25) is 0 Å². The normalized spacial score (nSPS) is 13.2. The molecular formula is C19H17F2N3O5. The molecule has 1 amide bonds. The van der Waals surface area contributed by atoms with E-state index in [1.54, 1.807) is 0 Å². The minimum Gasteiger partial charge on any atom is -0.452 e. The molecule has 1 aliphatic heterocycles. The third-order valence-electron chi connectivity index (χ3n) is 4.39. The van der Waals surface area contributed by atoms with Crippen LogP contribution < -0.4 is 10.2 Å². The van der Waals surface area contributed by atoms with Crippen LogP contribution in [0.5, 0.6) is 0 Å². The van der Waals surface area contributed by atoms with Crippen molar-refractivity contribution in [3.05, 3.63) is 63.7 Å². The maximum absolute atomic E-state index is 13.6. The lowest BCUT2D eigenvalue weighted by atomic mass is 10.1. The predicted octanol–water partition coefficient (Wildman–Crippen LogP) is 3.27. The lowest BCUT2D eigenvalue weighted by Crippen LogP contribution is -2.24. The van der Waals surface area contributed by atoms with Gasteiger partial charge in [-0.25, -0.2) is 13.6 Å². The minimum atomic E-state index is -0.925. The highest BCUT2D eigenvalue weighted by molar-refractivity contribution is 5.99. The molecule has 0 bridgehead atoms. The third-order valence-corrected chi connectivity index (χ3v) is 4.39. The van der Waals surface area contributed by atoms with E-state index in [0.29, 0.717) is 18.8 Å². The van der Waals surface area contributed by atoms with Gasteiger partial charge in [0, 0.05) is 31.3 Å². The number of benzene rings is 2. The van der Waals surface area contributed by atoms with Gasteiger partial charge in [-0.15, -0.1) is 0 Å². The summed E-state index contributed by atoms with van der Waals surface area (Å²) in [7, 11) is 0. The molecule has 8 nitrogen and oxygen atoms in total. The van der Waals surface area contributed by atoms with Crippen molar-refractivity contribution < 1.29 is 28.0 Å². The molecule has 0 atom stereocenters. The van der Waals surface area contributed by atoms with E-state index in [9.17, 15) is 28.5 Å². The van der Waals surface area contributed by atoms with E-state index in [4.69, 9.17) is 4.74 Å². The number of rotatable bonds is 6. The number of nitro groups is 1. The highest BCUT2D eigenvalue weighted by atomic mass is 19.1. The van der Waals surface area contributed by atoms with Crippen LogP contribution in [0.1, 0.15) is 23.2 Å². The van der Waals surface area contributed by atoms with Gasteiger partial charge in [-0.3, -0.25) is 14.9 Å². The Morgan fingerprint density at radius 2 is 1.86 bits per heavy atom. The average Bonchev–Trinajstić information content (AvgIpc) is 3.23. The van der Waals surface area contributed by atoms with E-state index in [1.165, 1.54) is 12.1 Å². The van der Waals surface area contributed by atoms with Crippen LogP contribution in [-0.4, -0.2) is 36.5 Å². The van der Waals surface area contributed by atoms with Gasteiger partial charge >= 0.3 is 5.97 Å². The summed E-state index contributed by atoms with van der Waals surface area (Å²) in [5.41, 5.74) is -0.231. The molecule has 0 radical (unpaired) electrons. The molecule has 0 unspecified atom stereocenters. The van der Waals surface area contributed by atoms with Crippen LogP contribution in [0.3, 0.4) is 0 Å². The van der Waals surface area contributed by atoms with Crippen molar-refractivity contribution in [3.8, 4) is 0 Å². The van der Waals surface area contributed by atoms with Crippen LogP contribution >= 0.6 is 0 Å². The van der Waals surface area contributed by atoms with Gasteiger partial charge in [-0.05, 0) is 31.0 Å². The second-order valence-electron chi connectivity index (χ2n) is 6.40. The van der Waals surface area contributed by atoms with Crippen LogP contribution in [-0.2, 0) is 9.53 Å². The quantitative estimate of drug-likeness (QED) is 0.450. The first-order valence-electron chi connectivity index (χ1n) is 8.80. The average molecular weight is 405 g/mol. The summed E-state index contributed by atoms with van der Waals surface area (Å²) < 4.78 is 31.7. The van der Waals surface area contributed by atoms with Gasteiger partial charge in [-0.2, -0.15) is 0 Å². The number of nitro benzene ring substituents is 1. The SMILES string of the molecule is O=C(COC(=O)c1cc([N+](=O)[O-])ccc1N1CCCC1)Nc1cc(F)ccc1F. The molecule has 152 valence electrons. The Hall–Kier alpha value is -3.56. The Balaban J connectivity index is 1.72. The van der Waals surface area contributed by atoms with Crippen LogP contribution in [0, 0.1) is 21.7 Å². The molecule has 2 aromatic carbocycles. The number of nitrogens with one attached hydrogen (secondary N) is 1. The molecule has 0 spiro atoms. The Labute approximate surface area is 164 Å². The molecule has 29 heavy (non-hydrogen) atoms. The van der Waals surface area contributed by atoms with Gasteiger partial charge in [0.1, 0.15) is 11.6 Å². The molecule has 1 aliphatic rings. The maximum atomic E-state index is 13.6. The van der Waals surface area contributed by atoms with Crippen molar-refractivity contribution in [2.45, 2.75) is 12.8 Å². The predicted molar refractivity (Wildman–Crippen MR) is 99.8 cm³/mol. The van der Waals surface area contributed by atoms with E-state index in [2.05, 4.69) is 5.32 Å². The van der Waals surface area contributed by atoms with E-state index in [0.717, 1.165) is 37.1 Å². The molecule has 0 saturated carbocycles. The molecule has 1 N–H and O–H groups in total. The van der Waals surface area contributed by atoms with Gasteiger partial charge in [0.05, 0.1) is 21.9 Å². The summed E-state index contributed by atoms with van der Waals surface area (Å²) in [6.07, 6.45) is 1.85. The highest BCUT2D eigenvalue weighted by Crippen LogP contribution is 2.29. The largest absolute Gasteiger partial charge is 0.452 e. The third kappa shape index (κ3) is 4.84. The Morgan fingerprint density at radius 1 is 1.14 bits per heavy atom. The fourth-order valence-electron chi connectivity index (χ4n) is 3.02. The Bertz CT molecular complexity index is 961. The van der Waals surface area contributed by atoms with Crippen molar-refractivity contribution in [1.29, 1.82) is 0 Å². The molecule has 1 fully saturated rings. The van der Waals surface area contributed by atoms with Gasteiger partial charge in [-0.1, -0.05) is 0 Å². The number of ether oxygens (including phenoxy) is 1. The minimum absolute atomic E-state index is 0.0363. The summed E-state index contributed by atoms with van der Waals surface area (Å²) >= 11 is 0. The van der Waals surface area contributed by atoms with Crippen LogP contribution in [0.15, 0.2) is 36.4 Å². The number of esters is 1. The van der Waals surface area contributed by atoms with Gasteiger partial charge in [0.25, 0.3) is 11.6 Å². The number of halogens is 2. The van der Waals surface area contributed by atoms with E-state index in [-0.39, 0.29) is 16.9 Å². The monoisotopic (exact) mass is 405 g/mol. The standard InChI is InChI=1S/C19H17F2N3O5/c20-12-3-5-15(21)16(9-12)22-18(25)11-29-19(26)14-10-13(24(27)28)4-6-17(14)23-7-1-2-8-23/h3-6,9-10H,1-2,7-8,11H2,(H,22,25). The second-order valence-corrected chi connectivity index (χ2v) is 6.40. The van der Waals surface area contributed by atoms with Crippen LogP contribution in [0.25, 0.3) is 0 Å². The van der Waals surface area contributed by atoms with E-state index < -0.39 is 35.0 Å². The lowest BCUT2D eigenvalue weighted by molar-refractivity contribution is -0.384. The fraction of sp³-hybridized carbons (Fsp3) is 0.263. The summed E-state index contributed by atoms with van der Waals surface area (Å²) in [6, 6.07) is 6.41. The number of hydrogen-bond donors (Lipinski definition) is 1. The van der Waals surface area contributed by atoms with Crippen molar-refractivity contribution in [3.63, 3.8) is 0 Å². The molecule has 0 aromatic heterocycles. The number of anilines is 2. The molecule has 10 heteroatoms. The fourth-order valence-corrected chi connectivity index (χ4v) is 3.02. The molecule has 2 aromatic rings. The van der Waals surface area contributed by atoms with Gasteiger partial charge in [0.15, 0.2) is 6.61 Å². The number of amides is 1. The summed E-state index contributed by atoms with van der Waals surface area (Å²) in [5, 5.41) is 13.2. The van der Waals surface area contributed by atoms with E-state index >= 15 is 0 Å². The zero-order valence-corrected chi connectivity index (χ0v) is 15.2. The molecule has 1 heterocycles. The number of nitrogens with zero attached hydrogens (tertiary/aromatic N) is 2. The van der Waals surface area contributed by atoms with Crippen LogP contribution in [0.2, 0.25) is 0 Å². The Kier molecular flexibility index (Phi) is 6.01. The van der Waals surface area contributed by atoms with E-state index in [1.807, 2.05) is 4.90 Å². The smallest absolute Gasteiger partial charge is 0.341 e. The zero-order valence-electron chi connectivity index (χ0n) is 15.2. The summed E-state index contributed by atoms with van der Waals surface area (Å²) in [5.74, 6) is -3.40. The van der Waals surface area contributed by atoms with Crippen molar-refractivity contribution in [1.82, 2.24) is 0 Å².